The first-order valence-electron chi connectivity index (χ1n) is 10.7. The van der Waals surface area contributed by atoms with Crippen LogP contribution >= 0.6 is 0 Å². The molecule has 0 aromatic carbocycles. The van der Waals surface area contributed by atoms with Crippen LogP contribution in [0, 0.1) is 5.92 Å². The summed E-state index contributed by atoms with van der Waals surface area (Å²) in [6.45, 7) is 3.56. The number of aliphatic hydroxyl groups is 2. The molecule has 0 rings (SSSR count). The fourth-order valence-electron chi connectivity index (χ4n) is 3.39. The highest BCUT2D eigenvalue weighted by Gasteiger charge is 2.42. The maximum absolute atomic E-state index is 11.9. The van der Waals surface area contributed by atoms with Crippen molar-refractivity contribution in [1.29, 1.82) is 0 Å². The van der Waals surface area contributed by atoms with Crippen molar-refractivity contribution in [2.75, 3.05) is 55.4 Å². The summed E-state index contributed by atoms with van der Waals surface area (Å²) in [6, 6.07) is 0. The standard InChI is InChI=1S/C12H23NO4.C10H17NO6/c1-9(2)6-10(14)12(17,7-11(15)16)8-13(3,4)5;1-11(2,3)6-10(17,5-9(15)16)7(12)4-8(13)14/h9,17H,6-8H2,1-5H3;17H,4-6H2,1-3H3,(H-,13,14,15,16). The van der Waals surface area contributed by atoms with Crippen LogP contribution in [0.5, 0.6) is 0 Å². The number of carboxylic acids is 3. The van der Waals surface area contributed by atoms with E-state index in [1.54, 1.807) is 42.3 Å². The van der Waals surface area contributed by atoms with E-state index < -0.39 is 59.9 Å². The Labute approximate surface area is 200 Å². The summed E-state index contributed by atoms with van der Waals surface area (Å²) >= 11 is 0. The number of ketones is 2. The molecule has 2 atom stereocenters. The molecule has 0 spiro atoms. The molecule has 0 saturated carbocycles. The summed E-state index contributed by atoms with van der Waals surface area (Å²) in [4.78, 5) is 55.1. The number of aliphatic carboxylic acids is 3. The van der Waals surface area contributed by atoms with Crippen LogP contribution in [0.4, 0.5) is 0 Å². The average molecular weight is 493 g/mol. The average Bonchev–Trinajstić information content (AvgIpc) is 2.48. The molecule has 2 unspecified atom stereocenters. The third-order valence-corrected chi connectivity index (χ3v) is 4.29. The monoisotopic (exact) mass is 492 g/mol. The molecule has 34 heavy (non-hydrogen) atoms. The Kier molecular flexibility index (Phi) is 12.8. The maximum Gasteiger partial charge on any atom is 0.310 e. The van der Waals surface area contributed by atoms with Crippen molar-refractivity contribution in [1.82, 2.24) is 0 Å². The Morgan fingerprint density at radius 2 is 1.06 bits per heavy atom. The summed E-state index contributed by atoms with van der Waals surface area (Å²) < 4.78 is 0.433. The Hall–Kier alpha value is -2.41. The van der Waals surface area contributed by atoms with Gasteiger partial charge in [-0.2, -0.15) is 0 Å². The van der Waals surface area contributed by atoms with Crippen LogP contribution in [0.3, 0.4) is 0 Å². The van der Waals surface area contributed by atoms with E-state index in [9.17, 15) is 44.4 Å². The summed E-state index contributed by atoms with van der Waals surface area (Å²) in [5.74, 6) is -5.78. The molecule has 0 aromatic rings. The van der Waals surface area contributed by atoms with E-state index in [4.69, 9.17) is 5.11 Å². The van der Waals surface area contributed by atoms with Gasteiger partial charge in [0.25, 0.3) is 0 Å². The summed E-state index contributed by atoms with van der Waals surface area (Å²) in [5, 5.41) is 49.9. The first-order chi connectivity index (χ1) is 14.9. The SMILES string of the molecule is CC(C)CC(=O)C(O)(CC(=O)[O-])C[N+](C)(C)C.C[N+](C)(C)CC(O)(CC(=O)[O-])C(=O)CC(=O)O. The number of carbonyl (C=O) groups is 5. The van der Waals surface area contributed by atoms with Crippen molar-refractivity contribution in [3.05, 3.63) is 0 Å². The van der Waals surface area contributed by atoms with E-state index in [1.807, 2.05) is 13.8 Å². The quantitative estimate of drug-likeness (QED) is 0.164. The number of carbonyl (C=O) groups excluding carboxylic acids is 4. The van der Waals surface area contributed by atoms with Gasteiger partial charge < -0.3 is 44.1 Å². The lowest BCUT2D eigenvalue weighted by atomic mass is 9.88. The lowest BCUT2D eigenvalue weighted by Crippen LogP contribution is -2.56. The summed E-state index contributed by atoms with van der Waals surface area (Å²) in [6.07, 6.45) is -2.30. The van der Waals surface area contributed by atoms with Crippen LogP contribution in [-0.2, 0) is 24.0 Å². The molecular formula is C22H40N2O10. The Bertz CT molecular complexity index is 752. The summed E-state index contributed by atoms with van der Waals surface area (Å²) in [7, 11) is 10.3. The smallest absolute Gasteiger partial charge is 0.310 e. The minimum absolute atomic E-state index is 0.0620. The highest BCUT2D eigenvalue weighted by atomic mass is 16.4. The lowest BCUT2D eigenvalue weighted by molar-refractivity contribution is -0.875. The molecule has 198 valence electrons. The molecule has 0 bridgehead atoms. The van der Waals surface area contributed by atoms with Crippen molar-refractivity contribution < 1.29 is 58.5 Å². The van der Waals surface area contributed by atoms with Crippen molar-refractivity contribution in [2.24, 2.45) is 5.92 Å². The van der Waals surface area contributed by atoms with Gasteiger partial charge in [0.1, 0.15) is 19.5 Å². The van der Waals surface area contributed by atoms with Crippen molar-refractivity contribution in [3.8, 4) is 0 Å². The fourth-order valence-corrected chi connectivity index (χ4v) is 3.39. The van der Waals surface area contributed by atoms with Crippen LogP contribution in [0.25, 0.3) is 0 Å². The molecule has 0 aliphatic rings. The highest BCUT2D eigenvalue weighted by molar-refractivity contribution is 6.01. The molecule has 0 radical (unpaired) electrons. The second kappa shape index (κ2) is 12.9. The second-order valence-corrected chi connectivity index (χ2v) is 11.1. The van der Waals surface area contributed by atoms with Gasteiger partial charge in [-0.15, -0.1) is 0 Å². The zero-order chi connectivity index (χ0) is 27.7. The Morgan fingerprint density at radius 1 is 0.735 bits per heavy atom. The van der Waals surface area contributed by atoms with Crippen LogP contribution < -0.4 is 10.2 Å². The first kappa shape index (κ1) is 33.8. The van der Waals surface area contributed by atoms with Gasteiger partial charge in [-0.1, -0.05) is 13.8 Å². The Balaban J connectivity index is 0. The molecule has 12 nitrogen and oxygen atoms in total. The Morgan fingerprint density at radius 3 is 1.29 bits per heavy atom. The van der Waals surface area contributed by atoms with Gasteiger partial charge in [0, 0.05) is 31.2 Å². The largest absolute Gasteiger partial charge is 0.550 e. The zero-order valence-corrected chi connectivity index (χ0v) is 21.4. The van der Waals surface area contributed by atoms with Crippen LogP contribution in [0.1, 0.15) is 39.5 Å². The maximum atomic E-state index is 11.9. The van der Waals surface area contributed by atoms with E-state index in [2.05, 4.69) is 0 Å². The van der Waals surface area contributed by atoms with E-state index in [1.165, 1.54) is 0 Å². The number of hydrogen-bond acceptors (Lipinski definition) is 9. The summed E-state index contributed by atoms with van der Waals surface area (Å²) in [5.41, 5.74) is -4.04. The van der Waals surface area contributed by atoms with Gasteiger partial charge in [-0.05, 0) is 5.92 Å². The third kappa shape index (κ3) is 15.4. The number of rotatable bonds is 14. The number of quaternary nitrogens is 2. The minimum atomic E-state index is -2.21. The van der Waals surface area contributed by atoms with Crippen molar-refractivity contribution in [3.63, 3.8) is 0 Å². The molecule has 0 heterocycles. The predicted octanol–water partition coefficient (Wildman–Crippen LogP) is -3.21. The van der Waals surface area contributed by atoms with Gasteiger partial charge in [-0.3, -0.25) is 14.4 Å². The van der Waals surface area contributed by atoms with E-state index in [0.717, 1.165) is 0 Å². The molecule has 0 saturated heterocycles. The molecule has 0 fully saturated rings. The number of hydrogen-bond donors (Lipinski definition) is 3. The normalized spacial score (nSPS) is 15.4. The van der Waals surface area contributed by atoms with Crippen LogP contribution in [-0.4, -0.2) is 120 Å². The molecule has 0 aliphatic carbocycles. The predicted molar refractivity (Wildman–Crippen MR) is 117 cm³/mol. The van der Waals surface area contributed by atoms with Gasteiger partial charge in [0.15, 0.2) is 22.8 Å². The van der Waals surface area contributed by atoms with Gasteiger partial charge in [-0.25, -0.2) is 0 Å². The van der Waals surface area contributed by atoms with Crippen LogP contribution in [0.2, 0.25) is 0 Å². The zero-order valence-electron chi connectivity index (χ0n) is 21.4. The van der Waals surface area contributed by atoms with E-state index in [0.29, 0.717) is 4.48 Å². The minimum Gasteiger partial charge on any atom is -0.550 e. The number of carboxylic acid groups (broad SMARTS) is 3. The van der Waals surface area contributed by atoms with Gasteiger partial charge in [0.2, 0.25) is 0 Å². The molecule has 3 N–H and O–H groups in total. The van der Waals surface area contributed by atoms with Gasteiger partial charge >= 0.3 is 5.97 Å². The molecule has 12 heteroatoms. The lowest BCUT2D eigenvalue weighted by Gasteiger charge is -2.35. The van der Waals surface area contributed by atoms with Gasteiger partial charge in [0.05, 0.1) is 42.3 Å². The first-order valence-corrected chi connectivity index (χ1v) is 10.7. The van der Waals surface area contributed by atoms with Crippen molar-refractivity contribution >= 4 is 29.5 Å². The fraction of sp³-hybridized carbons (Fsp3) is 0.773. The molecular weight excluding hydrogens is 452 g/mol. The highest BCUT2D eigenvalue weighted by Crippen LogP contribution is 2.20. The topological polar surface area (TPSA) is 192 Å². The van der Waals surface area contributed by atoms with E-state index >= 15 is 0 Å². The molecule has 0 aromatic heterocycles. The number of nitrogens with zero attached hydrogens (tertiary/aromatic N) is 2. The van der Waals surface area contributed by atoms with Crippen molar-refractivity contribution in [2.45, 2.75) is 50.7 Å². The van der Waals surface area contributed by atoms with Crippen LogP contribution in [0.15, 0.2) is 0 Å². The number of Topliss-reactive ketones (excluding diaryl/α,β-unsaturated/α-hetero) is 2. The van der Waals surface area contributed by atoms with E-state index in [-0.39, 0.29) is 29.9 Å². The number of likely N-dealkylation sites (N-methyl/N-ethyl adjacent to an activating group) is 2. The molecule has 0 amide bonds. The second-order valence-electron chi connectivity index (χ2n) is 11.1. The molecule has 0 aliphatic heterocycles. The third-order valence-electron chi connectivity index (χ3n) is 4.29.